The van der Waals surface area contributed by atoms with Gasteiger partial charge in [-0.05, 0) is 79.1 Å². The first kappa shape index (κ1) is 20.0. The largest absolute Gasteiger partial charge is 0.507 e. The Bertz CT molecular complexity index is 993. The van der Waals surface area contributed by atoms with Crippen molar-refractivity contribution in [2.24, 2.45) is 0 Å². The molecule has 1 fully saturated rings. The number of ether oxygens (including phenoxy) is 2. The van der Waals surface area contributed by atoms with Crippen molar-refractivity contribution >= 4 is 23.1 Å². The average Bonchev–Trinajstić information content (AvgIpc) is 2.92. The van der Waals surface area contributed by atoms with E-state index >= 15 is 0 Å². The molecule has 2 unspecified atom stereocenters. The molecule has 2 aromatic rings. The Morgan fingerprint density at radius 3 is 2.52 bits per heavy atom. The molecule has 1 aliphatic heterocycles. The Morgan fingerprint density at radius 1 is 1.14 bits per heavy atom. The standard InChI is InChI=1S/C24H25ClO4/c1-14-11-15(2)20(12-19(14)16-6-8-17(25)9-7-16)21-22(26)24(29-23(21)27)10-4-5-18(13-24)28-3/h6-9,11-12,18,26H,4-5,10,13H2,1-3H3. The molecule has 29 heavy (non-hydrogen) atoms. The van der Waals surface area contributed by atoms with Gasteiger partial charge in [0.15, 0.2) is 11.4 Å². The number of aliphatic hydroxyl groups is 1. The van der Waals surface area contributed by atoms with Gasteiger partial charge in [0.2, 0.25) is 0 Å². The lowest BCUT2D eigenvalue weighted by molar-refractivity contribution is -0.153. The number of aryl methyl sites for hydroxylation is 2. The second-order valence-electron chi connectivity index (χ2n) is 8.05. The van der Waals surface area contributed by atoms with Gasteiger partial charge in [0, 0.05) is 18.6 Å². The van der Waals surface area contributed by atoms with E-state index in [1.54, 1.807) is 7.11 Å². The molecular weight excluding hydrogens is 388 g/mol. The van der Waals surface area contributed by atoms with Crippen LogP contribution in [0.15, 0.2) is 42.2 Å². The van der Waals surface area contributed by atoms with Crippen molar-refractivity contribution in [3.05, 3.63) is 63.9 Å². The van der Waals surface area contributed by atoms with Crippen LogP contribution in [0.25, 0.3) is 16.7 Å². The number of halogens is 1. The molecule has 0 saturated heterocycles. The zero-order valence-corrected chi connectivity index (χ0v) is 17.7. The fraction of sp³-hybridized carbons (Fsp3) is 0.375. The van der Waals surface area contributed by atoms with Crippen molar-refractivity contribution in [3.8, 4) is 11.1 Å². The molecule has 1 heterocycles. The van der Waals surface area contributed by atoms with Crippen LogP contribution in [0.2, 0.25) is 5.02 Å². The van der Waals surface area contributed by atoms with Gasteiger partial charge in [-0.3, -0.25) is 0 Å². The molecule has 4 rings (SSSR count). The molecule has 2 aliphatic rings. The number of esters is 1. The zero-order valence-electron chi connectivity index (χ0n) is 16.9. The van der Waals surface area contributed by atoms with Crippen LogP contribution in [-0.4, -0.2) is 29.9 Å². The first-order valence-corrected chi connectivity index (χ1v) is 10.3. The van der Waals surface area contributed by atoms with E-state index in [1.807, 2.05) is 50.2 Å². The maximum Gasteiger partial charge on any atom is 0.343 e. The Morgan fingerprint density at radius 2 is 1.83 bits per heavy atom. The summed E-state index contributed by atoms with van der Waals surface area (Å²) in [5, 5.41) is 11.8. The SMILES string of the molecule is COC1CCCC2(C1)OC(=O)C(c1cc(-c3ccc(Cl)cc3)c(C)cc1C)=C2O. The normalized spacial score (nSPS) is 24.3. The van der Waals surface area contributed by atoms with Crippen LogP contribution in [0, 0.1) is 13.8 Å². The number of hydrogen-bond donors (Lipinski definition) is 1. The summed E-state index contributed by atoms with van der Waals surface area (Å²) < 4.78 is 11.3. The van der Waals surface area contributed by atoms with Gasteiger partial charge >= 0.3 is 5.97 Å². The molecule has 5 heteroatoms. The van der Waals surface area contributed by atoms with Gasteiger partial charge in [0.05, 0.1) is 6.10 Å². The minimum absolute atomic E-state index is 0.0261. The second-order valence-corrected chi connectivity index (χ2v) is 8.49. The molecule has 1 aliphatic carbocycles. The van der Waals surface area contributed by atoms with Crippen molar-refractivity contribution in [2.45, 2.75) is 51.2 Å². The van der Waals surface area contributed by atoms with Crippen molar-refractivity contribution < 1.29 is 19.4 Å². The van der Waals surface area contributed by atoms with E-state index in [-0.39, 0.29) is 17.4 Å². The predicted octanol–water partition coefficient (Wildman–Crippen LogP) is 5.78. The van der Waals surface area contributed by atoms with E-state index in [1.165, 1.54) is 0 Å². The smallest absolute Gasteiger partial charge is 0.343 e. The molecule has 0 amide bonds. The molecule has 0 aromatic heterocycles. The molecule has 4 nitrogen and oxygen atoms in total. The first-order valence-electron chi connectivity index (χ1n) is 9.92. The van der Waals surface area contributed by atoms with E-state index in [9.17, 15) is 9.90 Å². The highest BCUT2D eigenvalue weighted by Gasteiger charge is 2.51. The summed E-state index contributed by atoms with van der Waals surface area (Å²) in [7, 11) is 1.66. The summed E-state index contributed by atoms with van der Waals surface area (Å²) in [5.74, 6) is -0.425. The van der Waals surface area contributed by atoms with E-state index in [2.05, 4.69) is 0 Å². The topological polar surface area (TPSA) is 55.8 Å². The molecule has 1 saturated carbocycles. The van der Waals surface area contributed by atoms with Crippen LogP contribution in [0.1, 0.15) is 42.4 Å². The number of hydrogen-bond acceptors (Lipinski definition) is 4. The van der Waals surface area contributed by atoms with Crippen LogP contribution in [-0.2, 0) is 14.3 Å². The summed E-state index contributed by atoms with van der Waals surface area (Å²) in [4.78, 5) is 12.9. The van der Waals surface area contributed by atoms with Gasteiger partial charge in [0.25, 0.3) is 0 Å². The molecule has 0 radical (unpaired) electrons. The molecule has 1 spiro atoms. The lowest BCUT2D eigenvalue weighted by Crippen LogP contribution is -2.40. The van der Waals surface area contributed by atoms with Gasteiger partial charge < -0.3 is 14.6 Å². The fourth-order valence-electron chi connectivity index (χ4n) is 4.60. The van der Waals surface area contributed by atoms with Gasteiger partial charge in [-0.15, -0.1) is 0 Å². The predicted molar refractivity (Wildman–Crippen MR) is 114 cm³/mol. The minimum Gasteiger partial charge on any atom is -0.507 e. The van der Waals surface area contributed by atoms with E-state index in [0.29, 0.717) is 23.4 Å². The number of carbonyl (C=O) groups is 1. The fourth-order valence-corrected chi connectivity index (χ4v) is 4.72. The Kier molecular flexibility index (Phi) is 5.18. The van der Waals surface area contributed by atoms with Gasteiger partial charge in [-0.25, -0.2) is 4.79 Å². The average molecular weight is 413 g/mol. The lowest BCUT2D eigenvalue weighted by Gasteiger charge is -2.35. The van der Waals surface area contributed by atoms with Crippen LogP contribution in [0.4, 0.5) is 0 Å². The highest BCUT2D eigenvalue weighted by Crippen LogP contribution is 2.47. The summed E-state index contributed by atoms with van der Waals surface area (Å²) in [6.45, 7) is 3.99. The number of aliphatic hydroxyl groups excluding tert-OH is 1. The van der Waals surface area contributed by atoms with Crippen molar-refractivity contribution in [2.75, 3.05) is 7.11 Å². The van der Waals surface area contributed by atoms with Crippen LogP contribution in [0.5, 0.6) is 0 Å². The highest BCUT2D eigenvalue weighted by atomic mass is 35.5. The monoisotopic (exact) mass is 412 g/mol. The first-order chi connectivity index (χ1) is 13.8. The Hall–Kier alpha value is -2.30. The van der Waals surface area contributed by atoms with Crippen molar-refractivity contribution in [1.82, 2.24) is 0 Å². The number of carbonyl (C=O) groups excluding carboxylic acids is 1. The number of methoxy groups -OCH3 is 1. The second kappa shape index (κ2) is 7.51. The maximum absolute atomic E-state index is 12.9. The van der Waals surface area contributed by atoms with E-state index < -0.39 is 11.6 Å². The quantitative estimate of drug-likeness (QED) is 0.649. The van der Waals surface area contributed by atoms with Gasteiger partial charge in [-0.1, -0.05) is 29.8 Å². The number of rotatable bonds is 3. The van der Waals surface area contributed by atoms with Crippen molar-refractivity contribution in [1.29, 1.82) is 0 Å². The Labute approximate surface area is 176 Å². The molecule has 2 aromatic carbocycles. The van der Waals surface area contributed by atoms with E-state index in [4.69, 9.17) is 21.1 Å². The zero-order chi connectivity index (χ0) is 20.8. The third-order valence-electron chi connectivity index (χ3n) is 6.15. The van der Waals surface area contributed by atoms with Crippen LogP contribution >= 0.6 is 11.6 Å². The number of benzene rings is 2. The third kappa shape index (κ3) is 3.45. The summed E-state index contributed by atoms with van der Waals surface area (Å²) >= 11 is 6.03. The Balaban J connectivity index is 1.82. The van der Waals surface area contributed by atoms with Gasteiger partial charge in [0.1, 0.15) is 5.57 Å². The highest BCUT2D eigenvalue weighted by molar-refractivity contribution is 6.30. The molecule has 2 atom stereocenters. The maximum atomic E-state index is 12.9. The lowest BCUT2D eigenvalue weighted by atomic mass is 9.80. The van der Waals surface area contributed by atoms with Crippen molar-refractivity contribution in [3.63, 3.8) is 0 Å². The van der Waals surface area contributed by atoms with E-state index in [0.717, 1.165) is 35.1 Å². The van der Waals surface area contributed by atoms with Gasteiger partial charge in [-0.2, -0.15) is 0 Å². The summed E-state index contributed by atoms with van der Waals surface area (Å²) in [6.07, 6.45) is 2.82. The summed E-state index contributed by atoms with van der Waals surface area (Å²) in [5.41, 5.74) is 4.03. The molecule has 0 bridgehead atoms. The minimum atomic E-state index is -0.969. The molecular formula is C24H25ClO4. The molecule has 152 valence electrons. The van der Waals surface area contributed by atoms with Crippen LogP contribution in [0.3, 0.4) is 0 Å². The summed E-state index contributed by atoms with van der Waals surface area (Å²) in [6, 6.07) is 11.6. The molecule has 1 N–H and O–H groups in total. The van der Waals surface area contributed by atoms with Crippen LogP contribution < -0.4 is 0 Å². The third-order valence-corrected chi connectivity index (χ3v) is 6.41.